The van der Waals surface area contributed by atoms with Gasteiger partial charge in [0.2, 0.25) is 5.91 Å². The molecule has 0 saturated heterocycles. The molecule has 0 rings (SSSR count). The van der Waals surface area contributed by atoms with Gasteiger partial charge in [-0.2, -0.15) is 0 Å². The summed E-state index contributed by atoms with van der Waals surface area (Å²) in [6, 6.07) is 0. The van der Waals surface area contributed by atoms with Gasteiger partial charge in [-0.3, -0.25) is 4.79 Å². The minimum atomic E-state index is 0.238. The molecule has 0 radical (unpaired) electrons. The third-order valence-electron chi connectivity index (χ3n) is 2.70. The Morgan fingerprint density at radius 3 is 2.20 bits per heavy atom. The zero-order valence-electron chi connectivity index (χ0n) is 10.7. The van der Waals surface area contributed by atoms with Crippen molar-refractivity contribution >= 4 is 5.91 Å². The number of amides is 1. The van der Waals surface area contributed by atoms with E-state index in [1.807, 2.05) is 19.0 Å². The van der Waals surface area contributed by atoms with Gasteiger partial charge < -0.3 is 10.2 Å². The van der Waals surface area contributed by atoms with E-state index in [9.17, 15) is 4.79 Å². The van der Waals surface area contributed by atoms with Crippen LogP contribution in [0.4, 0.5) is 0 Å². The van der Waals surface area contributed by atoms with E-state index >= 15 is 0 Å². The highest BCUT2D eigenvalue weighted by Gasteiger charge is 2.19. The van der Waals surface area contributed by atoms with Gasteiger partial charge in [-0.05, 0) is 19.9 Å². The second kappa shape index (κ2) is 8.72. The molecular weight excluding hydrogens is 188 g/mol. The second-order valence-electron chi connectivity index (χ2n) is 4.14. The molecule has 0 aliphatic rings. The second-order valence-corrected chi connectivity index (χ2v) is 4.14. The molecule has 0 fully saturated rings. The number of hydrogen-bond donors (Lipinski definition) is 1. The first kappa shape index (κ1) is 14.4. The van der Waals surface area contributed by atoms with E-state index in [1.165, 1.54) is 0 Å². The molecule has 90 valence electrons. The van der Waals surface area contributed by atoms with Gasteiger partial charge in [-0.1, -0.05) is 26.7 Å². The first-order valence-corrected chi connectivity index (χ1v) is 6.06. The maximum Gasteiger partial charge on any atom is 0.225 e. The van der Waals surface area contributed by atoms with E-state index in [-0.39, 0.29) is 5.92 Å². The maximum absolute atomic E-state index is 12.0. The van der Waals surface area contributed by atoms with Crippen LogP contribution < -0.4 is 5.32 Å². The van der Waals surface area contributed by atoms with Crippen molar-refractivity contribution in [1.82, 2.24) is 10.2 Å². The predicted octanol–water partition coefficient (Wildman–Crippen LogP) is 1.88. The molecule has 1 amide bonds. The molecule has 3 heteroatoms. The van der Waals surface area contributed by atoms with Crippen LogP contribution in [0, 0.1) is 5.92 Å². The van der Waals surface area contributed by atoms with E-state index < -0.39 is 0 Å². The van der Waals surface area contributed by atoms with Gasteiger partial charge in [-0.15, -0.1) is 0 Å². The number of carbonyl (C=O) groups excluding carboxylic acids is 1. The normalized spacial score (nSPS) is 10.7. The third kappa shape index (κ3) is 5.78. The molecule has 0 unspecified atom stereocenters. The van der Waals surface area contributed by atoms with Crippen LogP contribution in [-0.4, -0.2) is 38.0 Å². The molecule has 3 nitrogen and oxygen atoms in total. The van der Waals surface area contributed by atoms with Gasteiger partial charge >= 0.3 is 0 Å². The van der Waals surface area contributed by atoms with Crippen LogP contribution in [0.2, 0.25) is 0 Å². The lowest BCUT2D eigenvalue weighted by Gasteiger charge is -2.23. The molecule has 0 aliphatic carbocycles. The van der Waals surface area contributed by atoms with Crippen molar-refractivity contribution in [3.8, 4) is 0 Å². The maximum atomic E-state index is 12.0. The van der Waals surface area contributed by atoms with Crippen LogP contribution in [0.25, 0.3) is 0 Å². The lowest BCUT2D eigenvalue weighted by molar-refractivity contribution is -0.134. The van der Waals surface area contributed by atoms with E-state index in [0.717, 1.165) is 38.8 Å². The summed E-state index contributed by atoms with van der Waals surface area (Å²) in [7, 11) is 3.81. The monoisotopic (exact) mass is 214 g/mol. The number of rotatable bonds is 8. The zero-order chi connectivity index (χ0) is 11.7. The molecule has 0 bridgehead atoms. The third-order valence-corrected chi connectivity index (χ3v) is 2.70. The van der Waals surface area contributed by atoms with Crippen LogP contribution in [0.1, 0.15) is 39.5 Å². The smallest absolute Gasteiger partial charge is 0.225 e. The molecule has 0 aromatic rings. The van der Waals surface area contributed by atoms with Gasteiger partial charge in [-0.25, -0.2) is 0 Å². The van der Waals surface area contributed by atoms with Gasteiger partial charge in [0.15, 0.2) is 0 Å². The fourth-order valence-electron chi connectivity index (χ4n) is 1.79. The minimum Gasteiger partial charge on any atom is -0.344 e. The fourth-order valence-corrected chi connectivity index (χ4v) is 1.79. The molecule has 0 aliphatic heterocycles. The Balaban J connectivity index is 4.08. The average molecular weight is 214 g/mol. The van der Waals surface area contributed by atoms with E-state index in [4.69, 9.17) is 0 Å². The van der Waals surface area contributed by atoms with Gasteiger partial charge in [0, 0.05) is 26.1 Å². The molecule has 0 spiro atoms. The van der Waals surface area contributed by atoms with Crippen molar-refractivity contribution in [1.29, 1.82) is 0 Å². The van der Waals surface area contributed by atoms with Crippen molar-refractivity contribution in [2.75, 3.05) is 27.2 Å². The Morgan fingerprint density at radius 2 is 1.80 bits per heavy atom. The highest BCUT2D eigenvalue weighted by Crippen LogP contribution is 2.15. The SMILES string of the molecule is CCCC(CCC)C(=O)N(C)CCNC. The topological polar surface area (TPSA) is 32.3 Å². The van der Waals surface area contributed by atoms with Crippen molar-refractivity contribution in [2.45, 2.75) is 39.5 Å². The first-order chi connectivity index (χ1) is 7.17. The van der Waals surface area contributed by atoms with Crippen molar-refractivity contribution in [3.05, 3.63) is 0 Å². The molecule has 15 heavy (non-hydrogen) atoms. The van der Waals surface area contributed by atoms with E-state index in [2.05, 4.69) is 19.2 Å². The Morgan fingerprint density at radius 1 is 1.27 bits per heavy atom. The molecule has 0 aromatic carbocycles. The Kier molecular flexibility index (Phi) is 8.38. The Bertz CT molecular complexity index is 165. The van der Waals surface area contributed by atoms with Crippen molar-refractivity contribution in [2.24, 2.45) is 5.92 Å². The van der Waals surface area contributed by atoms with Gasteiger partial charge in [0.05, 0.1) is 0 Å². The minimum absolute atomic E-state index is 0.238. The van der Waals surface area contributed by atoms with Crippen LogP contribution in [-0.2, 0) is 4.79 Å². The van der Waals surface area contributed by atoms with Crippen LogP contribution in [0.3, 0.4) is 0 Å². The molecule has 0 heterocycles. The standard InChI is InChI=1S/C12H26N2O/c1-5-7-11(8-6-2)12(15)14(4)10-9-13-3/h11,13H,5-10H2,1-4H3. The highest BCUT2D eigenvalue weighted by atomic mass is 16.2. The Hall–Kier alpha value is -0.570. The van der Waals surface area contributed by atoms with Crippen LogP contribution in [0.15, 0.2) is 0 Å². The molecule has 1 N–H and O–H groups in total. The summed E-state index contributed by atoms with van der Waals surface area (Å²) in [5.74, 6) is 0.552. The fraction of sp³-hybridized carbons (Fsp3) is 0.917. The van der Waals surface area contributed by atoms with Crippen LogP contribution >= 0.6 is 0 Å². The lowest BCUT2D eigenvalue weighted by Crippen LogP contribution is -2.37. The largest absolute Gasteiger partial charge is 0.344 e. The average Bonchev–Trinajstić information content (AvgIpc) is 2.24. The summed E-state index contributed by atoms with van der Waals surface area (Å²) in [4.78, 5) is 13.9. The summed E-state index contributed by atoms with van der Waals surface area (Å²) in [6.45, 7) is 5.96. The lowest BCUT2D eigenvalue weighted by atomic mass is 9.97. The summed E-state index contributed by atoms with van der Waals surface area (Å²) in [5, 5.41) is 3.06. The molecular formula is C12H26N2O. The Labute approximate surface area is 94.2 Å². The van der Waals surface area contributed by atoms with Crippen molar-refractivity contribution < 1.29 is 4.79 Å². The molecule has 0 aromatic heterocycles. The summed E-state index contributed by atoms with van der Waals surface area (Å²) >= 11 is 0. The van der Waals surface area contributed by atoms with Gasteiger partial charge in [0.25, 0.3) is 0 Å². The first-order valence-electron chi connectivity index (χ1n) is 6.06. The van der Waals surface area contributed by atoms with E-state index in [0.29, 0.717) is 5.91 Å². The highest BCUT2D eigenvalue weighted by molar-refractivity contribution is 5.78. The number of nitrogens with one attached hydrogen (secondary N) is 1. The molecule has 0 atom stereocenters. The quantitative estimate of drug-likeness (QED) is 0.669. The molecule has 0 saturated carbocycles. The summed E-state index contributed by atoms with van der Waals surface area (Å²) < 4.78 is 0. The van der Waals surface area contributed by atoms with E-state index in [1.54, 1.807) is 0 Å². The summed E-state index contributed by atoms with van der Waals surface area (Å²) in [5.41, 5.74) is 0. The number of carbonyl (C=O) groups is 1. The van der Waals surface area contributed by atoms with Crippen LogP contribution in [0.5, 0.6) is 0 Å². The number of hydrogen-bond acceptors (Lipinski definition) is 2. The number of likely N-dealkylation sites (N-methyl/N-ethyl adjacent to an activating group) is 2. The van der Waals surface area contributed by atoms with Crippen molar-refractivity contribution in [3.63, 3.8) is 0 Å². The van der Waals surface area contributed by atoms with Gasteiger partial charge in [0.1, 0.15) is 0 Å². The predicted molar refractivity (Wildman–Crippen MR) is 64.9 cm³/mol. The summed E-state index contributed by atoms with van der Waals surface area (Å²) in [6.07, 6.45) is 4.24. The number of nitrogens with zero attached hydrogens (tertiary/aromatic N) is 1. The zero-order valence-corrected chi connectivity index (χ0v) is 10.7.